The molecule has 0 heterocycles. The molecule has 2 aromatic rings. The van der Waals surface area contributed by atoms with E-state index in [-0.39, 0.29) is 0 Å². The first-order valence-electron chi connectivity index (χ1n) is 8.12. The van der Waals surface area contributed by atoms with Gasteiger partial charge in [0.2, 0.25) is 0 Å². The summed E-state index contributed by atoms with van der Waals surface area (Å²) in [5.74, 6) is 1.68. The predicted molar refractivity (Wildman–Crippen MR) is 92.1 cm³/mol. The van der Waals surface area contributed by atoms with Crippen LogP contribution in [-0.4, -0.2) is 13.2 Å². The summed E-state index contributed by atoms with van der Waals surface area (Å²) in [6.07, 6.45) is 2.20. The molecule has 117 valence electrons. The predicted octanol–water partition coefficient (Wildman–Crippen LogP) is 4.24. The minimum Gasteiger partial charge on any atom is -0.492 e. The van der Waals surface area contributed by atoms with Gasteiger partial charge in [-0.3, -0.25) is 0 Å². The van der Waals surface area contributed by atoms with Crippen LogP contribution in [-0.2, 0) is 13.0 Å². The first-order chi connectivity index (χ1) is 10.8. The molecule has 1 N–H and O–H groups in total. The van der Waals surface area contributed by atoms with E-state index in [4.69, 9.17) is 4.74 Å². The number of aryl methyl sites for hydroxylation is 1. The third kappa shape index (κ3) is 5.90. The molecular weight excluding hydrogens is 270 g/mol. The van der Waals surface area contributed by atoms with Crippen LogP contribution in [0.25, 0.3) is 0 Å². The zero-order valence-electron chi connectivity index (χ0n) is 13.6. The summed E-state index contributed by atoms with van der Waals surface area (Å²) in [6, 6.07) is 19.7. The van der Waals surface area contributed by atoms with Crippen molar-refractivity contribution in [1.29, 1.82) is 0 Å². The Balaban J connectivity index is 1.72. The number of ether oxygens (including phenoxy) is 1. The van der Waals surface area contributed by atoms with Crippen LogP contribution in [0.15, 0.2) is 48.5 Å². The lowest BCUT2D eigenvalue weighted by Crippen LogP contribution is -2.20. The molecule has 0 saturated heterocycles. The lowest BCUT2D eigenvalue weighted by Gasteiger charge is -2.12. The number of hydrogen-bond acceptors (Lipinski definition) is 2. The van der Waals surface area contributed by atoms with Crippen LogP contribution in [0.2, 0.25) is 0 Å². The summed E-state index contributed by atoms with van der Waals surface area (Å²) < 4.78 is 5.91. The van der Waals surface area contributed by atoms with Gasteiger partial charge < -0.3 is 10.1 Å². The molecule has 2 nitrogen and oxygen atoms in total. The van der Waals surface area contributed by atoms with E-state index >= 15 is 0 Å². The normalized spacial score (nSPS) is 10.9. The molecule has 0 aliphatic rings. The Hall–Kier alpha value is -1.80. The first-order valence-corrected chi connectivity index (χ1v) is 8.12. The van der Waals surface area contributed by atoms with Crippen molar-refractivity contribution in [3.05, 3.63) is 65.7 Å². The van der Waals surface area contributed by atoms with Crippen molar-refractivity contribution in [2.24, 2.45) is 5.92 Å². The highest BCUT2D eigenvalue weighted by molar-refractivity contribution is 5.32. The first kappa shape index (κ1) is 16.6. The van der Waals surface area contributed by atoms with E-state index < -0.39 is 0 Å². The standard InChI is InChI=1S/C20H26NO/c1-17(2)12-13-19-10-6-7-11-20(19)22-15-14-21-16-18-8-4-3-5-9-18/h3-9,11,17,21H,12-16H2,1-2H3. The van der Waals surface area contributed by atoms with Crippen LogP contribution >= 0.6 is 0 Å². The molecule has 0 aliphatic carbocycles. The highest BCUT2D eigenvalue weighted by Crippen LogP contribution is 2.20. The fourth-order valence-corrected chi connectivity index (χ4v) is 2.28. The van der Waals surface area contributed by atoms with Crippen LogP contribution in [0, 0.1) is 12.0 Å². The van der Waals surface area contributed by atoms with Gasteiger partial charge in [-0.1, -0.05) is 56.3 Å². The van der Waals surface area contributed by atoms with Crippen molar-refractivity contribution >= 4 is 0 Å². The average Bonchev–Trinajstić information content (AvgIpc) is 2.54. The maximum Gasteiger partial charge on any atom is 0.123 e. The Kier molecular flexibility index (Phi) is 6.98. The summed E-state index contributed by atoms with van der Waals surface area (Å²) in [4.78, 5) is 0. The largest absolute Gasteiger partial charge is 0.492 e. The fourth-order valence-electron chi connectivity index (χ4n) is 2.28. The van der Waals surface area contributed by atoms with Crippen molar-refractivity contribution in [3.63, 3.8) is 0 Å². The minimum absolute atomic E-state index is 0.680. The third-order valence-corrected chi connectivity index (χ3v) is 3.58. The monoisotopic (exact) mass is 296 g/mol. The summed E-state index contributed by atoms with van der Waals surface area (Å²) in [5.41, 5.74) is 2.49. The minimum atomic E-state index is 0.680. The van der Waals surface area contributed by atoms with E-state index in [0.29, 0.717) is 12.5 Å². The maximum atomic E-state index is 5.91. The Morgan fingerprint density at radius 1 is 1.09 bits per heavy atom. The van der Waals surface area contributed by atoms with Crippen LogP contribution in [0.3, 0.4) is 0 Å². The average molecular weight is 296 g/mol. The Morgan fingerprint density at radius 2 is 1.91 bits per heavy atom. The van der Waals surface area contributed by atoms with Crippen molar-refractivity contribution in [1.82, 2.24) is 5.32 Å². The van der Waals surface area contributed by atoms with E-state index in [1.165, 1.54) is 17.5 Å². The SMILES string of the molecule is CC(C)CCc1[c]cccc1OCCNCc1ccccc1. The van der Waals surface area contributed by atoms with Gasteiger partial charge in [0.05, 0.1) is 0 Å². The van der Waals surface area contributed by atoms with Gasteiger partial charge in [-0.25, -0.2) is 0 Å². The molecule has 2 rings (SSSR count). The third-order valence-electron chi connectivity index (χ3n) is 3.58. The highest BCUT2D eigenvalue weighted by Gasteiger charge is 2.04. The molecular formula is C20H26NO. The number of benzene rings is 2. The molecule has 2 heteroatoms. The Bertz CT molecular complexity index is 536. The zero-order valence-corrected chi connectivity index (χ0v) is 13.6. The molecule has 2 aromatic carbocycles. The zero-order chi connectivity index (χ0) is 15.6. The van der Waals surface area contributed by atoms with E-state index in [2.05, 4.69) is 49.5 Å². The molecule has 0 atom stereocenters. The van der Waals surface area contributed by atoms with E-state index in [1.807, 2.05) is 24.3 Å². The van der Waals surface area contributed by atoms with Gasteiger partial charge >= 0.3 is 0 Å². The number of nitrogens with one attached hydrogen (secondary N) is 1. The maximum absolute atomic E-state index is 5.91. The summed E-state index contributed by atoms with van der Waals surface area (Å²) in [7, 11) is 0. The van der Waals surface area contributed by atoms with Crippen LogP contribution in [0.4, 0.5) is 0 Å². The van der Waals surface area contributed by atoms with Gasteiger partial charge in [0.15, 0.2) is 0 Å². The fraction of sp³-hybridized carbons (Fsp3) is 0.400. The van der Waals surface area contributed by atoms with Crippen molar-refractivity contribution in [3.8, 4) is 5.75 Å². The molecule has 0 bridgehead atoms. The molecule has 22 heavy (non-hydrogen) atoms. The smallest absolute Gasteiger partial charge is 0.123 e. The number of rotatable bonds is 9. The second-order valence-corrected chi connectivity index (χ2v) is 5.96. The second kappa shape index (κ2) is 9.26. The molecule has 0 aliphatic heterocycles. The number of hydrogen-bond donors (Lipinski definition) is 1. The van der Waals surface area contributed by atoms with E-state index in [1.54, 1.807) is 0 Å². The second-order valence-electron chi connectivity index (χ2n) is 5.96. The van der Waals surface area contributed by atoms with E-state index in [9.17, 15) is 0 Å². The highest BCUT2D eigenvalue weighted by atomic mass is 16.5. The van der Waals surface area contributed by atoms with Gasteiger partial charge in [-0.15, -0.1) is 0 Å². The molecule has 1 radical (unpaired) electrons. The molecule has 0 aromatic heterocycles. The van der Waals surface area contributed by atoms with Crippen LogP contribution in [0.5, 0.6) is 5.75 Å². The summed E-state index contributed by atoms with van der Waals surface area (Å²) in [6.45, 7) is 6.89. The summed E-state index contributed by atoms with van der Waals surface area (Å²) >= 11 is 0. The van der Waals surface area contributed by atoms with Crippen molar-refractivity contribution in [2.75, 3.05) is 13.2 Å². The van der Waals surface area contributed by atoms with Crippen molar-refractivity contribution < 1.29 is 4.74 Å². The molecule has 0 spiro atoms. The van der Waals surface area contributed by atoms with Crippen LogP contribution < -0.4 is 10.1 Å². The molecule has 0 unspecified atom stereocenters. The van der Waals surface area contributed by atoms with Gasteiger partial charge in [0.1, 0.15) is 12.4 Å². The van der Waals surface area contributed by atoms with Crippen molar-refractivity contribution in [2.45, 2.75) is 33.2 Å². The lowest BCUT2D eigenvalue weighted by atomic mass is 10.0. The Morgan fingerprint density at radius 3 is 2.68 bits per heavy atom. The van der Waals surface area contributed by atoms with E-state index in [0.717, 1.165) is 25.3 Å². The Labute approximate surface area is 134 Å². The van der Waals surface area contributed by atoms with Gasteiger partial charge in [0, 0.05) is 18.7 Å². The molecule has 0 fully saturated rings. The summed E-state index contributed by atoms with van der Waals surface area (Å²) in [5, 5.41) is 3.41. The van der Waals surface area contributed by atoms with Gasteiger partial charge in [-0.2, -0.15) is 0 Å². The topological polar surface area (TPSA) is 21.3 Å². The lowest BCUT2D eigenvalue weighted by molar-refractivity contribution is 0.310. The van der Waals surface area contributed by atoms with Gasteiger partial charge in [-0.05, 0) is 36.5 Å². The molecule has 0 saturated carbocycles. The van der Waals surface area contributed by atoms with Gasteiger partial charge in [0.25, 0.3) is 0 Å². The quantitative estimate of drug-likeness (QED) is 0.699. The molecule has 0 amide bonds. The van der Waals surface area contributed by atoms with Crippen LogP contribution in [0.1, 0.15) is 31.4 Å².